The maximum Gasteiger partial charge on any atom is 0.165 e. The van der Waals surface area contributed by atoms with Crippen LogP contribution in [0, 0.1) is 0 Å². The van der Waals surface area contributed by atoms with Crippen LogP contribution in [0.25, 0.3) is 0 Å². The molecule has 2 aliphatic rings. The van der Waals surface area contributed by atoms with Crippen LogP contribution in [0.4, 0.5) is 0 Å². The maximum atomic E-state index is 5.45. The van der Waals surface area contributed by atoms with Gasteiger partial charge in [0.05, 0.1) is 24.1 Å². The lowest BCUT2D eigenvalue weighted by atomic mass is 10.4. The van der Waals surface area contributed by atoms with Crippen molar-refractivity contribution in [3.63, 3.8) is 0 Å². The van der Waals surface area contributed by atoms with Gasteiger partial charge < -0.3 is 9.80 Å². The first-order chi connectivity index (χ1) is 8.27. The maximum absolute atomic E-state index is 5.45. The predicted molar refractivity (Wildman–Crippen MR) is 83.1 cm³/mol. The highest BCUT2D eigenvalue weighted by Crippen LogP contribution is 2.25. The zero-order valence-corrected chi connectivity index (χ0v) is 12.9. The molecule has 0 aromatic rings. The first-order valence-electron chi connectivity index (χ1n) is 5.86. The first kappa shape index (κ1) is 13.9. The number of hydrogen-bond donors (Lipinski definition) is 0. The normalized spacial score (nSPS) is 20.0. The molecule has 2 saturated heterocycles. The van der Waals surface area contributed by atoms with E-state index in [2.05, 4.69) is 9.80 Å². The molecule has 2 heterocycles. The van der Waals surface area contributed by atoms with Crippen LogP contribution in [0.1, 0.15) is 25.7 Å². The van der Waals surface area contributed by atoms with E-state index in [1.807, 2.05) is 0 Å². The third kappa shape index (κ3) is 4.24. The second-order valence-corrected chi connectivity index (χ2v) is 7.10. The molecule has 96 valence electrons. The van der Waals surface area contributed by atoms with E-state index in [1.165, 1.54) is 49.8 Å². The molecule has 0 N–H and O–H groups in total. The smallest absolute Gasteiger partial charge is 0.165 e. The molecule has 0 aromatic carbocycles. The van der Waals surface area contributed by atoms with Crippen molar-refractivity contribution in [3.8, 4) is 0 Å². The summed E-state index contributed by atoms with van der Waals surface area (Å²) in [6, 6.07) is 0. The fourth-order valence-corrected chi connectivity index (χ4v) is 4.02. The summed E-state index contributed by atoms with van der Waals surface area (Å²) in [7, 11) is 0. The quantitative estimate of drug-likeness (QED) is 0.568. The number of nitrogens with zero attached hydrogens (tertiary/aromatic N) is 2. The summed E-state index contributed by atoms with van der Waals surface area (Å²) in [4.78, 5) is 4.39. The van der Waals surface area contributed by atoms with E-state index < -0.39 is 0 Å². The van der Waals surface area contributed by atoms with Crippen LogP contribution in [0.2, 0.25) is 0 Å². The minimum Gasteiger partial charge on any atom is -0.356 e. The van der Waals surface area contributed by atoms with Gasteiger partial charge in [-0.1, -0.05) is 24.4 Å². The molecule has 2 rings (SSSR count). The van der Waals surface area contributed by atoms with Crippen molar-refractivity contribution < 1.29 is 3.63 Å². The average molecular weight is 309 g/mol. The lowest BCUT2D eigenvalue weighted by molar-refractivity contribution is 0.534. The van der Waals surface area contributed by atoms with Crippen LogP contribution in [0.15, 0.2) is 0 Å². The van der Waals surface area contributed by atoms with Gasteiger partial charge in [0.1, 0.15) is 0 Å². The van der Waals surface area contributed by atoms with Gasteiger partial charge in [0, 0.05) is 26.2 Å². The lowest BCUT2D eigenvalue weighted by Crippen LogP contribution is -2.24. The number of likely N-dealkylation sites (tertiary alicyclic amines) is 2. The summed E-state index contributed by atoms with van der Waals surface area (Å²) >= 11 is 13.1. The SMILES string of the molecule is S=C(SOSC(=S)N1CCCC1)N1CCCC1. The zero-order valence-electron chi connectivity index (χ0n) is 9.59. The molecule has 2 fully saturated rings. The van der Waals surface area contributed by atoms with Crippen LogP contribution in [-0.2, 0) is 3.63 Å². The van der Waals surface area contributed by atoms with Crippen LogP contribution >= 0.6 is 48.5 Å². The molecule has 0 atom stereocenters. The van der Waals surface area contributed by atoms with Gasteiger partial charge in [-0.05, 0) is 25.7 Å². The minimum atomic E-state index is 0.833. The van der Waals surface area contributed by atoms with Crippen LogP contribution in [-0.4, -0.2) is 44.6 Å². The average Bonchev–Trinajstić information content (AvgIpc) is 3.02. The summed E-state index contributed by atoms with van der Waals surface area (Å²) in [5.41, 5.74) is 0. The number of rotatable bonds is 2. The molecular formula is C10H16N2OS4. The minimum absolute atomic E-state index is 0.833. The summed E-state index contributed by atoms with van der Waals surface area (Å²) < 4.78 is 7.11. The fraction of sp³-hybridized carbons (Fsp3) is 0.800. The molecule has 2 aliphatic heterocycles. The van der Waals surface area contributed by atoms with Gasteiger partial charge in [-0.15, -0.1) is 0 Å². The standard InChI is InChI=1S/C10H16N2OS4/c14-9(11-5-1-2-6-11)16-13-17-10(15)12-7-3-4-8-12/h1-8H2. The van der Waals surface area contributed by atoms with Crippen molar-refractivity contribution in [2.45, 2.75) is 25.7 Å². The largest absolute Gasteiger partial charge is 0.356 e. The molecular weight excluding hydrogens is 292 g/mol. The molecule has 3 nitrogen and oxygen atoms in total. The zero-order chi connectivity index (χ0) is 12.1. The number of thiocarbonyl (C=S) groups is 2. The van der Waals surface area contributed by atoms with Gasteiger partial charge in [0.15, 0.2) is 8.64 Å². The highest BCUT2D eigenvalue weighted by atomic mass is 32.2. The van der Waals surface area contributed by atoms with E-state index in [0.717, 1.165) is 34.8 Å². The van der Waals surface area contributed by atoms with Crippen molar-refractivity contribution in [1.29, 1.82) is 0 Å². The fourth-order valence-electron chi connectivity index (χ4n) is 1.98. The summed E-state index contributed by atoms with van der Waals surface area (Å²) in [6.07, 6.45) is 4.94. The van der Waals surface area contributed by atoms with E-state index in [1.54, 1.807) is 0 Å². The Labute approximate surface area is 122 Å². The highest BCUT2D eigenvalue weighted by molar-refractivity contribution is 8.29. The Morgan fingerprint density at radius 3 is 1.47 bits per heavy atom. The third-order valence-electron chi connectivity index (χ3n) is 2.94. The van der Waals surface area contributed by atoms with Crippen molar-refractivity contribution in [2.24, 2.45) is 0 Å². The molecule has 0 bridgehead atoms. The Morgan fingerprint density at radius 1 is 0.765 bits per heavy atom. The van der Waals surface area contributed by atoms with Crippen LogP contribution < -0.4 is 0 Å². The molecule has 0 aromatic heterocycles. The molecule has 0 unspecified atom stereocenters. The van der Waals surface area contributed by atoms with Gasteiger partial charge in [0.2, 0.25) is 0 Å². The van der Waals surface area contributed by atoms with E-state index >= 15 is 0 Å². The molecule has 0 spiro atoms. The summed E-state index contributed by atoms with van der Waals surface area (Å²) in [5, 5.41) is 0. The van der Waals surface area contributed by atoms with Crippen LogP contribution in [0.5, 0.6) is 0 Å². The Morgan fingerprint density at radius 2 is 1.12 bits per heavy atom. The second-order valence-electron chi connectivity index (χ2n) is 4.15. The molecule has 7 heteroatoms. The van der Waals surface area contributed by atoms with Gasteiger partial charge in [0.25, 0.3) is 0 Å². The molecule has 0 saturated carbocycles. The monoisotopic (exact) mass is 308 g/mol. The van der Waals surface area contributed by atoms with Gasteiger partial charge in [-0.25, -0.2) is 3.63 Å². The van der Waals surface area contributed by atoms with E-state index in [0.29, 0.717) is 0 Å². The molecule has 0 aliphatic carbocycles. The van der Waals surface area contributed by atoms with Gasteiger partial charge in [-0.3, -0.25) is 0 Å². The Bertz CT molecular complexity index is 260. The third-order valence-corrected chi connectivity index (χ3v) is 5.21. The second kappa shape index (κ2) is 7.13. The van der Waals surface area contributed by atoms with Gasteiger partial charge in [-0.2, -0.15) is 0 Å². The molecule has 0 amide bonds. The summed E-state index contributed by atoms with van der Waals surface area (Å²) in [6.45, 7) is 4.26. The van der Waals surface area contributed by atoms with Crippen molar-refractivity contribution in [2.75, 3.05) is 26.2 Å². The van der Waals surface area contributed by atoms with Crippen molar-refractivity contribution in [3.05, 3.63) is 0 Å². The Balaban J connectivity index is 1.61. The van der Waals surface area contributed by atoms with E-state index in [9.17, 15) is 0 Å². The molecule has 17 heavy (non-hydrogen) atoms. The summed E-state index contributed by atoms with van der Waals surface area (Å²) in [5.74, 6) is 0. The highest BCUT2D eigenvalue weighted by Gasteiger charge is 2.18. The number of hydrogen-bond acceptors (Lipinski definition) is 5. The van der Waals surface area contributed by atoms with Crippen LogP contribution in [0.3, 0.4) is 0 Å². The van der Waals surface area contributed by atoms with E-state index in [-0.39, 0.29) is 0 Å². The Hall–Kier alpha value is 0.440. The van der Waals surface area contributed by atoms with Crippen molar-refractivity contribution >= 4 is 57.2 Å². The first-order valence-corrected chi connectivity index (χ1v) is 8.16. The lowest BCUT2D eigenvalue weighted by Gasteiger charge is -2.18. The molecule has 0 radical (unpaired) electrons. The predicted octanol–water partition coefficient (Wildman–Crippen LogP) is 3.06. The van der Waals surface area contributed by atoms with Crippen molar-refractivity contribution in [1.82, 2.24) is 9.80 Å². The Kier molecular flexibility index (Phi) is 5.82. The van der Waals surface area contributed by atoms with E-state index in [4.69, 9.17) is 28.1 Å². The van der Waals surface area contributed by atoms with Gasteiger partial charge >= 0.3 is 0 Å². The topological polar surface area (TPSA) is 15.7 Å².